The molecule has 1 aliphatic rings. The van der Waals surface area contributed by atoms with E-state index in [4.69, 9.17) is 15.7 Å². The van der Waals surface area contributed by atoms with Gasteiger partial charge in [0.2, 0.25) is 0 Å². The molecule has 0 unspecified atom stereocenters. The van der Waals surface area contributed by atoms with Crippen molar-refractivity contribution in [2.75, 3.05) is 23.7 Å². The summed E-state index contributed by atoms with van der Waals surface area (Å²) in [6, 6.07) is 5.75. The van der Waals surface area contributed by atoms with Crippen LogP contribution in [0.15, 0.2) is 43.0 Å². The molecule has 0 amide bonds. The number of imidazole rings is 1. The SMILES string of the molecule is Nc1cncc(-c2ccc3[nH]nc(-c4nc5c(N6CCCCC6)cncc5[nH]4)c3n2)c1. The predicted octanol–water partition coefficient (Wildman–Crippen LogP) is 3.53. The van der Waals surface area contributed by atoms with E-state index in [1.165, 1.54) is 19.3 Å². The van der Waals surface area contributed by atoms with Crippen molar-refractivity contribution in [3.63, 3.8) is 0 Å². The van der Waals surface area contributed by atoms with Crippen molar-refractivity contribution in [3.8, 4) is 22.8 Å². The van der Waals surface area contributed by atoms with Crippen molar-refractivity contribution in [2.45, 2.75) is 19.3 Å². The number of nitrogens with two attached hydrogens (primary N) is 1. The number of nitrogens with one attached hydrogen (secondary N) is 2. The number of hydrogen-bond acceptors (Lipinski definition) is 7. The highest BCUT2D eigenvalue weighted by Gasteiger charge is 2.19. The Balaban J connectivity index is 1.46. The van der Waals surface area contributed by atoms with Crippen LogP contribution in [0.1, 0.15) is 19.3 Å². The van der Waals surface area contributed by atoms with Crippen molar-refractivity contribution in [2.24, 2.45) is 0 Å². The average Bonchev–Trinajstić information content (AvgIpc) is 3.43. The van der Waals surface area contributed by atoms with Gasteiger partial charge in [0, 0.05) is 31.0 Å². The lowest BCUT2D eigenvalue weighted by Crippen LogP contribution is -2.29. The fraction of sp³-hybridized carbons (Fsp3) is 0.227. The van der Waals surface area contributed by atoms with Crippen molar-refractivity contribution < 1.29 is 0 Å². The van der Waals surface area contributed by atoms with E-state index in [0.717, 1.165) is 52.1 Å². The number of pyridine rings is 3. The van der Waals surface area contributed by atoms with Gasteiger partial charge in [-0.1, -0.05) is 0 Å². The Morgan fingerprint density at radius 2 is 1.74 bits per heavy atom. The van der Waals surface area contributed by atoms with Crippen LogP contribution < -0.4 is 10.6 Å². The fourth-order valence-corrected chi connectivity index (χ4v) is 4.22. The first-order chi connectivity index (χ1) is 15.3. The third-order valence-corrected chi connectivity index (χ3v) is 5.76. The van der Waals surface area contributed by atoms with Gasteiger partial charge in [-0.15, -0.1) is 0 Å². The first-order valence-electron chi connectivity index (χ1n) is 10.4. The van der Waals surface area contributed by atoms with Crippen LogP contribution in [0.2, 0.25) is 0 Å². The number of hydrogen-bond donors (Lipinski definition) is 3. The van der Waals surface area contributed by atoms with Gasteiger partial charge in [0.05, 0.1) is 40.5 Å². The minimum absolute atomic E-state index is 0.599. The van der Waals surface area contributed by atoms with E-state index < -0.39 is 0 Å². The maximum Gasteiger partial charge on any atom is 0.161 e. The highest BCUT2D eigenvalue weighted by molar-refractivity contribution is 5.94. The molecule has 0 atom stereocenters. The Bertz CT molecular complexity index is 1390. The number of piperidine rings is 1. The Morgan fingerprint density at radius 1 is 0.871 bits per heavy atom. The highest BCUT2D eigenvalue weighted by atomic mass is 15.2. The molecule has 5 aromatic rings. The van der Waals surface area contributed by atoms with Crippen molar-refractivity contribution in [3.05, 3.63) is 43.0 Å². The zero-order valence-electron chi connectivity index (χ0n) is 16.8. The first kappa shape index (κ1) is 17.8. The molecule has 9 nitrogen and oxygen atoms in total. The number of nitrogen functional groups attached to an aromatic ring is 1. The number of nitrogens with zero attached hydrogens (tertiary/aromatic N) is 6. The van der Waals surface area contributed by atoms with Gasteiger partial charge in [0.15, 0.2) is 11.5 Å². The topological polar surface area (TPSA) is 125 Å². The molecule has 154 valence electrons. The van der Waals surface area contributed by atoms with E-state index in [9.17, 15) is 0 Å². The molecule has 4 N–H and O–H groups in total. The summed E-state index contributed by atoms with van der Waals surface area (Å²) in [7, 11) is 0. The average molecular weight is 411 g/mol. The standard InChI is InChI=1S/C22H21N9/c23-14-8-13(9-24-10-14)15-4-5-16-20(26-15)21(30-29-16)22-27-17-11-25-12-18(19(17)28-22)31-6-2-1-3-7-31/h4-5,8-12H,1-3,6-7,23H2,(H,27,28)(H,29,30). The van der Waals surface area contributed by atoms with Gasteiger partial charge in [0.1, 0.15) is 11.0 Å². The van der Waals surface area contributed by atoms with Crippen LogP contribution in [-0.4, -0.2) is 48.2 Å². The van der Waals surface area contributed by atoms with Gasteiger partial charge >= 0.3 is 0 Å². The number of H-pyrrole nitrogens is 2. The molecular formula is C22H21N9. The van der Waals surface area contributed by atoms with Crippen molar-refractivity contribution >= 4 is 33.4 Å². The Morgan fingerprint density at radius 3 is 2.61 bits per heavy atom. The lowest BCUT2D eigenvalue weighted by Gasteiger charge is -2.28. The van der Waals surface area contributed by atoms with E-state index in [1.807, 2.05) is 30.6 Å². The quantitative estimate of drug-likeness (QED) is 0.415. The van der Waals surface area contributed by atoms with Crippen LogP contribution in [0.5, 0.6) is 0 Å². The minimum atomic E-state index is 0.599. The number of aromatic amines is 2. The third-order valence-electron chi connectivity index (χ3n) is 5.76. The summed E-state index contributed by atoms with van der Waals surface area (Å²) in [5.74, 6) is 0.669. The van der Waals surface area contributed by atoms with Crippen LogP contribution in [-0.2, 0) is 0 Å². The Kier molecular flexibility index (Phi) is 4.05. The van der Waals surface area contributed by atoms with Crippen LogP contribution in [0.3, 0.4) is 0 Å². The molecule has 0 bridgehead atoms. The number of anilines is 2. The maximum atomic E-state index is 5.89. The van der Waals surface area contributed by atoms with Crippen LogP contribution in [0.25, 0.3) is 44.8 Å². The number of rotatable bonds is 3. The second kappa shape index (κ2) is 7.05. The van der Waals surface area contributed by atoms with Crippen LogP contribution in [0.4, 0.5) is 11.4 Å². The molecule has 0 spiro atoms. The summed E-state index contributed by atoms with van der Waals surface area (Å²) < 4.78 is 0. The normalized spacial score (nSPS) is 14.5. The molecule has 0 saturated carbocycles. The first-order valence-corrected chi connectivity index (χ1v) is 10.4. The smallest absolute Gasteiger partial charge is 0.161 e. The van der Waals surface area contributed by atoms with Crippen LogP contribution in [0, 0.1) is 0 Å². The summed E-state index contributed by atoms with van der Waals surface area (Å²) in [6.07, 6.45) is 10.8. The number of aromatic nitrogens is 7. The Labute approximate surface area is 177 Å². The molecule has 1 fully saturated rings. The lowest BCUT2D eigenvalue weighted by atomic mass is 10.1. The highest BCUT2D eigenvalue weighted by Crippen LogP contribution is 2.31. The zero-order chi connectivity index (χ0) is 20.8. The van der Waals surface area contributed by atoms with Gasteiger partial charge < -0.3 is 15.6 Å². The molecule has 9 heteroatoms. The van der Waals surface area contributed by atoms with E-state index in [-0.39, 0.29) is 0 Å². The van der Waals surface area contributed by atoms with Gasteiger partial charge in [-0.05, 0) is 37.5 Å². The molecule has 6 rings (SSSR count). The van der Waals surface area contributed by atoms with Gasteiger partial charge in [-0.25, -0.2) is 9.97 Å². The van der Waals surface area contributed by atoms with Gasteiger partial charge in [-0.3, -0.25) is 15.1 Å². The summed E-state index contributed by atoms with van der Waals surface area (Å²) in [5, 5.41) is 7.56. The lowest BCUT2D eigenvalue weighted by molar-refractivity contribution is 0.578. The molecule has 6 heterocycles. The maximum absolute atomic E-state index is 5.89. The minimum Gasteiger partial charge on any atom is -0.397 e. The second-order valence-electron chi connectivity index (χ2n) is 7.86. The van der Waals surface area contributed by atoms with Gasteiger partial charge in [0.25, 0.3) is 0 Å². The molecule has 0 aromatic carbocycles. The molecule has 0 aliphatic carbocycles. The van der Waals surface area contributed by atoms with E-state index in [0.29, 0.717) is 17.2 Å². The fourth-order valence-electron chi connectivity index (χ4n) is 4.22. The molecule has 31 heavy (non-hydrogen) atoms. The summed E-state index contributed by atoms with van der Waals surface area (Å²) in [4.78, 5) is 24.1. The summed E-state index contributed by atoms with van der Waals surface area (Å²) >= 11 is 0. The Hall–Kier alpha value is -4.01. The number of fused-ring (bicyclic) bond motifs is 2. The summed E-state index contributed by atoms with van der Waals surface area (Å²) in [6.45, 7) is 2.07. The molecule has 5 aromatic heterocycles. The van der Waals surface area contributed by atoms with Gasteiger partial charge in [-0.2, -0.15) is 5.10 Å². The van der Waals surface area contributed by atoms with Crippen LogP contribution >= 0.6 is 0 Å². The predicted molar refractivity (Wildman–Crippen MR) is 120 cm³/mol. The van der Waals surface area contributed by atoms with E-state index >= 15 is 0 Å². The molecular weight excluding hydrogens is 390 g/mol. The largest absolute Gasteiger partial charge is 0.397 e. The van der Waals surface area contributed by atoms with E-state index in [2.05, 4.69) is 30.0 Å². The van der Waals surface area contributed by atoms with E-state index in [1.54, 1.807) is 12.4 Å². The monoisotopic (exact) mass is 411 g/mol. The molecule has 1 saturated heterocycles. The van der Waals surface area contributed by atoms with Crippen molar-refractivity contribution in [1.29, 1.82) is 0 Å². The molecule has 0 radical (unpaired) electrons. The third kappa shape index (κ3) is 3.05. The second-order valence-corrected chi connectivity index (χ2v) is 7.86. The molecule has 1 aliphatic heterocycles. The van der Waals surface area contributed by atoms with Crippen molar-refractivity contribution in [1.82, 2.24) is 35.1 Å². The summed E-state index contributed by atoms with van der Waals surface area (Å²) in [5.41, 5.74) is 13.3. The zero-order valence-corrected chi connectivity index (χ0v) is 16.8.